The van der Waals surface area contributed by atoms with Gasteiger partial charge in [0, 0.05) is 35.4 Å². The number of nitrogens with zero attached hydrogens (tertiary/aromatic N) is 2. The van der Waals surface area contributed by atoms with Gasteiger partial charge in [0.25, 0.3) is 0 Å². The number of pyridine rings is 2. The first-order chi connectivity index (χ1) is 13.5. The Morgan fingerprint density at radius 3 is 2.68 bits per heavy atom. The molecule has 28 heavy (non-hydrogen) atoms. The van der Waals surface area contributed by atoms with E-state index in [-0.39, 0.29) is 6.10 Å². The summed E-state index contributed by atoms with van der Waals surface area (Å²) in [5, 5.41) is 3.29. The van der Waals surface area contributed by atoms with Gasteiger partial charge in [0.05, 0.1) is 6.10 Å². The second-order valence-electron chi connectivity index (χ2n) is 6.75. The number of anilines is 1. The zero-order valence-electron chi connectivity index (χ0n) is 16.5. The van der Waals surface area contributed by atoms with Crippen molar-refractivity contribution in [1.29, 1.82) is 0 Å². The Balaban J connectivity index is 1.83. The average molecular weight is 375 g/mol. The van der Waals surface area contributed by atoms with E-state index in [1.165, 1.54) is 0 Å². The number of rotatable bonds is 8. The standard InChI is InChI=1S/C23H25N3O2/c1-16(2)28-22-10-9-20(27-15-19-8-6-11-24-14-19)13-21(22)18(4)26-23-17(3)7-5-12-25-23/h5-14,16H,4,15H2,1-3H3,(H,25,26). The van der Waals surface area contributed by atoms with Crippen LogP contribution in [0.25, 0.3) is 5.70 Å². The van der Waals surface area contributed by atoms with E-state index in [4.69, 9.17) is 9.47 Å². The highest BCUT2D eigenvalue weighted by atomic mass is 16.5. The van der Waals surface area contributed by atoms with E-state index in [2.05, 4.69) is 21.9 Å². The predicted molar refractivity (Wildman–Crippen MR) is 112 cm³/mol. The molecule has 0 amide bonds. The van der Waals surface area contributed by atoms with Crippen molar-refractivity contribution in [1.82, 2.24) is 9.97 Å². The molecule has 0 aliphatic heterocycles. The Morgan fingerprint density at radius 2 is 1.96 bits per heavy atom. The summed E-state index contributed by atoms with van der Waals surface area (Å²) in [6.45, 7) is 10.6. The molecular weight excluding hydrogens is 350 g/mol. The van der Waals surface area contributed by atoms with Crippen LogP contribution in [-0.2, 0) is 6.61 Å². The van der Waals surface area contributed by atoms with Gasteiger partial charge in [-0.1, -0.05) is 18.7 Å². The van der Waals surface area contributed by atoms with Crippen LogP contribution in [0.1, 0.15) is 30.5 Å². The Hall–Kier alpha value is -3.34. The second kappa shape index (κ2) is 9.04. The fraction of sp³-hybridized carbons (Fsp3) is 0.217. The number of aromatic nitrogens is 2. The van der Waals surface area contributed by atoms with Crippen molar-refractivity contribution in [2.24, 2.45) is 0 Å². The third-order valence-electron chi connectivity index (χ3n) is 4.05. The van der Waals surface area contributed by atoms with Crippen molar-refractivity contribution >= 4 is 11.5 Å². The SMILES string of the molecule is C=C(Nc1ncccc1C)c1cc(OCc2cccnc2)ccc1OC(C)C. The molecule has 0 aliphatic rings. The number of aryl methyl sites for hydroxylation is 1. The number of hydrogen-bond acceptors (Lipinski definition) is 5. The molecule has 0 radical (unpaired) electrons. The summed E-state index contributed by atoms with van der Waals surface area (Å²) in [5.74, 6) is 2.25. The molecule has 144 valence electrons. The quantitative estimate of drug-likeness (QED) is 0.584. The summed E-state index contributed by atoms with van der Waals surface area (Å²) in [6, 6.07) is 13.5. The van der Waals surface area contributed by atoms with Crippen LogP contribution in [0.3, 0.4) is 0 Å². The highest BCUT2D eigenvalue weighted by Crippen LogP contribution is 2.31. The van der Waals surface area contributed by atoms with Crippen molar-refractivity contribution in [2.75, 3.05) is 5.32 Å². The zero-order chi connectivity index (χ0) is 19.9. The Morgan fingerprint density at radius 1 is 1.14 bits per heavy atom. The van der Waals surface area contributed by atoms with Crippen molar-refractivity contribution in [2.45, 2.75) is 33.5 Å². The molecule has 0 spiro atoms. The van der Waals surface area contributed by atoms with Gasteiger partial charge < -0.3 is 14.8 Å². The van der Waals surface area contributed by atoms with Crippen molar-refractivity contribution < 1.29 is 9.47 Å². The lowest BCUT2D eigenvalue weighted by atomic mass is 10.1. The summed E-state index contributed by atoms with van der Waals surface area (Å²) in [7, 11) is 0. The Bertz CT molecular complexity index is 940. The molecule has 0 fully saturated rings. The molecule has 0 saturated carbocycles. The van der Waals surface area contributed by atoms with Crippen molar-refractivity contribution in [3.05, 3.63) is 84.3 Å². The first-order valence-corrected chi connectivity index (χ1v) is 9.23. The molecule has 1 N–H and O–H groups in total. The molecule has 0 atom stereocenters. The van der Waals surface area contributed by atoms with Crippen LogP contribution in [0.15, 0.2) is 67.6 Å². The molecule has 0 bridgehead atoms. The van der Waals surface area contributed by atoms with E-state index in [1.807, 2.05) is 63.2 Å². The number of nitrogens with one attached hydrogen (secondary N) is 1. The van der Waals surface area contributed by atoms with Crippen LogP contribution in [0.5, 0.6) is 11.5 Å². The minimum absolute atomic E-state index is 0.0466. The number of benzene rings is 1. The fourth-order valence-electron chi connectivity index (χ4n) is 2.67. The average Bonchev–Trinajstić information content (AvgIpc) is 2.69. The third kappa shape index (κ3) is 5.10. The largest absolute Gasteiger partial charge is 0.490 e. The van der Waals surface area contributed by atoms with E-state index >= 15 is 0 Å². The molecule has 1 aromatic carbocycles. The molecule has 2 heterocycles. The first-order valence-electron chi connectivity index (χ1n) is 9.23. The summed E-state index contributed by atoms with van der Waals surface area (Å²) in [6.07, 6.45) is 5.34. The third-order valence-corrected chi connectivity index (χ3v) is 4.05. The maximum Gasteiger partial charge on any atom is 0.133 e. The topological polar surface area (TPSA) is 56.3 Å². The monoisotopic (exact) mass is 375 g/mol. The van der Waals surface area contributed by atoms with Crippen molar-refractivity contribution in [3.8, 4) is 11.5 Å². The van der Waals surface area contributed by atoms with Gasteiger partial charge in [0.2, 0.25) is 0 Å². The molecule has 0 unspecified atom stereocenters. The van der Waals surface area contributed by atoms with E-state index in [1.54, 1.807) is 18.6 Å². The number of ether oxygens (including phenoxy) is 2. The van der Waals surface area contributed by atoms with Gasteiger partial charge in [-0.25, -0.2) is 4.98 Å². The molecule has 0 aliphatic carbocycles. The molecule has 3 rings (SSSR count). The van der Waals surface area contributed by atoms with Gasteiger partial charge in [0.1, 0.15) is 23.9 Å². The van der Waals surface area contributed by atoms with Crippen LogP contribution in [-0.4, -0.2) is 16.1 Å². The smallest absolute Gasteiger partial charge is 0.133 e. The minimum Gasteiger partial charge on any atom is -0.490 e. The molecule has 2 aromatic heterocycles. The highest BCUT2D eigenvalue weighted by Gasteiger charge is 2.13. The lowest BCUT2D eigenvalue weighted by Crippen LogP contribution is -2.09. The minimum atomic E-state index is 0.0466. The van der Waals surface area contributed by atoms with E-state index < -0.39 is 0 Å². The summed E-state index contributed by atoms with van der Waals surface area (Å²) in [4.78, 5) is 8.50. The maximum atomic E-state index is 5.97. The van der Waals surface area contributed by atoms with Gasteiger partial charge in [-0.15, -0.1) is 0 Å². The Kier molecular flexibility index (Phi) is 6.27. The fourth-order valence-corrected chi connectivity index (χ4v) is 2.67. The lowest BCUT2D eigenvalue weighted by molar-refractivity contribution is 0.241. The predicted octanol–water partition coefficient (Wildman–Crippen LogP) is 5.23. The van der Waals surface area contributed by atoms with Crippen molar-refractivity contribution in [3.63, 3.8) is 0 Å². The van der Waals surface area contributed by atoms with Crippen LogP contribution in [0.2, 0.25) is 0 Å². The van der Waals surface area contributed by atoms with Gasteiger partial charge in [0.15, 0.2) is 0 Å². The number of hydrogen-bond donors (Lipinski definition) is 1. The normalized spacial score (nSPS) is 10.6. The summed E-state index contributed by atoms with van der Waals surface area (Å²) in [5.41, 5.74) is 3.58. The van der Waals surface area contributed by atoms with Crippen LogP contribution in [0, 0.1) is 6.92 Å². The summed E-state index contributed by atoms with van der Waals surface area (Å²) < 4.78 is 11.9. The van der Waals surface area contributed by atoms with Gasteiger partial charge in [-0.2, -0.15) is 0 Å². The Labute approximate surface area is 166 Å². The van der Waals surface area contributed by atoms with Gasteiger partial charge >= 0.3 is 0 Å². The maximum absolute atomic E-state index is 5.97. The zero-order valence-corrected chi connectivity index (χ0v) is 16.5. The van der Waals surface area contributed by atoms with Gasteiger partial charge in [-0.3, -0.25) is 4.98 Å². The highest BCUT2D eigenvalue weighted by molar-refractivity contribution is 5.78. The lowest BCUT2D eigenvalue weighted by Gasteiger charge is -2.18. The first kappa shape index (κ1) is 19.4. The molecule has 0 saturated heterocycles. The molecular formula is C23H25N3O2. The van der Waals surface area contributed by atoms with Gasteiger partial charge in [-0.05, 0) is 56.7 Å². The van der Waals surface area contributed by atoms with E-state index in [9.17, 15) is 0 Å². The van der Waals surface area contributed by atoms with E-state index in [0.29, 0.717) is 12.3 Å². The van der Waals surface area contributed by atoms with E-state index in [0.717, 1.165) is 34.0 Å². The molecule has 5 nitrogen and oxygen atoms in total. The van der Waals surface area contributed by atoms with Crippen LogP contribution in [0.4, 0.5) is 5.82 Å². The van der Waals surface area contributed by atoms with Crippen LogP contribution >= 0.6 is 0 Å². The van der Waals surface area contributed by atoms with Crippen LogP contribution < -0.4 is 14.8 Å². The molecule has 5 heteroatoms. The second-order valence-corrected chi connectivity index (χ2v) is 6.75. The summed E-state index contributed by atoms with van der Waals surface area (Å²) >= 11 is 0. The molecule has 3 aromatic rings.